The minimum atomic E-state index is -1.13. The van der Waals surface area contributed by atoms with Crippen molar-refractivity contribution in [3.63, 3.8) is 0 Å². The van der Waals surface area contributed by atoms with Crippen molar-refractivity contribution in [2.75, 3.05) is 5.75 Å². The van der Waals surface area contributed by atoms with Crippen LogP contribution in [0.1, 0.15) is 12.6 Å². The number of carboxylic acid groups (broad SMARTS) is 1. The Hall–Kier alpha value is -2.03. The third-order valence-corrected chi connectivity index (χ3v) is 3.90. The van der Waals surface area contributed by atoms with Gasteiger partial charge in [0.2, 0.25) is 5.91 Å². The van der Waals surface area contributed by atoms with Crippen molar-refractivity contribution in [1.82, 2.24) is 14.5 Å². The predicted octanol–water partition coefficient (Wildman–Crippen LogP) is -1.09. The summed E-state index contributed by atoms with van der Waals surface area (Å²) < 4.78 is 2.33. The van der Waals surface area contributed by atoms with Crippen LogP contribution in [0, 0.1) is 0 Å². The first-order valence-corrected chi connectivity index (χ1v) is 7.23. The summed E-state index contributed by atoms with van der Waals surface area (Å²) in [5.74, 6) is -1.12. The summed E-state index contributed by atoms with van der Waals surface area (Å²) in [6.07, 6.45) is 0. The molecule has 2 N–H and O–H groups in total. The maximum atomic E-state index is 11.7. The number of rotatable bonds is 6. The van der Waals surface area contributed by atoms with Crippen LogP contribution in [-0.2, 0) is 29.4 Å². The molecule has 1 amide bonds. The van der Waals surface area contributed by atoms with E-state index in [4.69, 9.17) is 5.11 Å². The standard InChI is InChI=1S/C12H17N3O5S/c1-7(16)13-9(11(18)19)6-21-5-8-4-10(17)15(3)12(20)14(8)2/h4,9H,5-6H2,1-3H3,(H,13,16)(H,18,19)/t9-/m0/s1. The van der Waals surface area contributed by atoms with Crippen molar-refractivity contribution in [1.29, 1.82) is 0 Å². The molecule has 1 aromatic heterocycles. The normalized spacial score (nSPS) is 12.0. The lowest BCUT2D eigenvalue weighted by Gasteiger charge is -2.13. The van der Waals surface area contributed by atoms with Crippen molar-refractivity contribution < 1.29 is 14.7 Å². The number of carbonyl (C=O) groups is 2. The number of carboxylic acids is 1. The Morgan fingerprint density at radius 2 is 1.95 bits per heavy atom. The molecule has 0 radical (unpaired) electrons. The molecule has 1 atom stereocenters. The van der Waals surface area contributed by atoms with Gasteiger partial charge in [0.1, 0.15) is 6.04 Å². The summed E-state index contributed by atoms with van der Waals surface area (Å²) in [7, 11) is 2.93. The van der Waals surface area contributed by atoms with Gasteiger partial charge in [-0.2, -0.15) is 11.8 Å². The van der Waals surface area contributed by atoms with Gasteiger partial charge in [-0.25, -0.2) is 9.59 Å². The Labute approximate surface area is 124 Å². The highest BCUT2D eigenvalue weighted by molar-refractivity contribution is 7.98. The topological polar surface area (TPSA) is 110 Å². The summed E-state index contributed by atoms with van der Waals surface area (Å²) in [5.41, 5.74) is -0.347. The number of aliphatic carboxylic acids is 1. The number of nitrogens with zero attached hydrogens (tertiary/aromatic N) is 2. The van der Waals surface area contributed by atoms with Crippen LogP contribution < -0.4 is 16.6 Å². The summed E-state index contributed by atoms with van der Waals surface area (Å²) in [5, 5.41) is 11.3. The average Bonchev–Trinajstić information content (AvgIpc) is 2.40. The molecule has 0 fully saturated rings. The highest BCUT2D eigenvalue weighted by atomic mass is 32.2. The molecule has 0 aliphatic heterocycles. The maximum absolute atomic E-state index is 11.7. The van der Waals surface area contributed by atoms with Crippen molar-refractivity contribution in [3.05, 3.63) is 32.6 Å². The zero-order chi connectivity index (χ0) is 16.2. The number of nitrogens with one attached hydrogen (secondary N) is 1. The molecule has 8 nitrogen and oxygen atoms in total. The van der Waals surface area contributed by atoms with Gasteiger partial charge in [0, 0.05) is 44.3 Å². The lowest BCUT2D eigenvalue weighted by molar-refractivity contribution is -0.140. The molecule has 1 aromatic rings. The molecular weight excluding hydrogens is 298 g/mol. The van der Waals surface area contributed by atoms with Crippen molar-refractivity contribution in [2.45, 2.75) is 18.7 Å². The van der Waals surface area contributed by atoms with Crippen molar-refractivity contribution in [3.8, 4) is 0 Å². The van der Waals surface area contributed by atoms with E-state index in [0.717, 1.165) is 4.57 Å². The SMILES string of the molecule is CC(=O)N[C@@H](CSCc1cc(=O)n(C)c(=O)n1C)C(=O)O. The monoisotopic (exact) mass is 315 g/mol. The lowest BCUT2D eigenvalue weighted by atomic mass is 10.3. The van der Waals surface area contributed by atoms with E-state index in [-0.39, 0.29) is 5.75 Å². The van der Waals surface area contributed by atoms with E-state index in [0.29, 0.717) is 11.4 Å². The van der Waals surface area contributed by atoms with E-state index >= 15 is 0 Å². The second-order valence-electron chi connectivity index (χ2n) is 4.48. The second-order valence-corrected chi connectivity index (χ2v) is 5.51. The first-order valence-electron chi connectivity index (χ1n) is 6.07. The highest BCUT2D eigenvalue weighted by Crippen LogP contribution is 2.11. The summed E-state index contributed by atoms with van der Waals surface area (Å²) in [6, 6.07) is 0.332. The second kappa shape index (κ2) is 7.11. The Bertz CT molecular complexity index is 664. The first-order chi connectivity index (χ1) is 9.73. The van der Waals surface area contributed by atoms with Crippen LogP contribution in [0.2, 0.25) is 0 Å². The van der Waals surface area contributed by atoms with Crippen molar-refractivity contribution in [2.24, 2.45) is 14.1 Å². The molecule has 0 aromatic carbocycles. The molecule has 0 bridgehead atoms. The minimum absolute atomic E-state index is 0.137. The van der Waals surface area contributed by atoms with E-state index < -0.39 is 29.2 Å². The number of hydrogen-bond donors (Lipinski definition) is 2. The minimum Gasteiger partial charge on any atom is -0.480 e. The maximum Gasteiger partial charge on any atom is 0.330 e. The smallest absolute Gasteiger partial charge is 0.330 e. The van der Waals surface area contributed by atoms with E-state index in [9.17, 15) is 19.2 Å². The lowest BCUT2D eigenvalue weighted by Crippen LogP contribution is -2.41. The molecule has 21 heavy (non-hydrogen) atoms. The number of thioether (sulfide) groups is 1. The van der Waals surface area contributed by atoms with Gasteiger partial charge in [-0.15, -0.1) is 0 Å². The van der Waals surface area contributed by atoms with Gasteiger partial charge < -0.3 is 10.4 Å². The zero-order valence-corrected chi connectivity index (χ0v) is 12.8. The highest BCUT2D eigenvalue weighted by Gasteiger charge is 2.18. The summed E-state index contributed by atoms with van der Waals surface area (Å²) in [6.45, 7) is 1.24. The van der Waals surface area contributed by atoms with E-state index in [1.807, 2.05) is 0 Å². The van der Waals surface area contributed by atoms with Crippen LogP contribution in [0.4, 0.5) is 0 Å². The quantitative estimate of drug-likeness (QED) is 0.690. The van der Waals surface area contributed by atoms with E-state index in [1.54, 1.807) is 7.05 Å². The molecule has 0 spiro atoms. The van der Waals surface area contributed by atoms with E-state index in [2.05, 4.69) is 5.32 Å². The molecule has 116 valence electrons. The first kappa shape index (κ1) is 17.0. The molecule has 1 heterocycles. The fourth-order valence-corrected chi connectivity index (χ4v) is 2.68. The summed E-state index contributed by atoms with van der Waals surface area (Å²) in [4.78, 5) is 45.1. The van der Waals surface area contributed by atoms with Gasteiger partial charge in [-0.05, 0) is 0 Å². The fraction of sp³-hybridized carbons (Fsp3) is 0.500. The molecule has 0 unspecified atom stereocenters. The van der Waals surface area contributed by atoms with Gasteiger partial charge in [-0.3, -0.25) is 18.7 Å². The number of amides is 1. The van der Waals surface area contributed by atoms with Gasteiger partial charge in [-0.1, -0.05) is 0 Å². The van der Waals surface area contributed by atoms with Crippen LogP contribution >= 0.6 is 11.8 Å². The average molecular weight is 315 g/mol. The molecule has 9 heteroatoms. The Balaban J connectivity index is 2.76. The van der Waals surface area contributed by atoms with Crippen LogP contribution in [0.15, 0.2) is 15.7 Å². The van der Waals surface area contributed by atoms with Gasteiger partial charge >= 0.3 is 11.7 Å². The third-order valence-electron chi connectivity index (χ3n) is 2.84. The van der Waals surface area contributed by atoms with Crippen LogP contribution in [0.5, 0.6) is 0 Å². The number of hydrogen-bond acceptors (Lipinski definition) is 5. The van der Waals surface area contributed by atoms with Crippen LogP contribution in [0.25, 0.3) is 0 Å². The van der Waals surface area contributed by atoms with Crippen LogP contribution in [-0.4, -0.2) is 37.9 Å². The molecule has 0 saturated heterocycles. The van der Waals surface area contributed by atoms with E-state index in [1.165, 1.54) is 36.4 Å². The molecule has 0 saturated carbocycles. The number of aromatic nitrogens is 2. The van der Waals surface area contributed by atoms with Gasteiger partial charge in [0.15, 0.2) is 0 Å². The number of carbonyl (C=O) groups excluding carboxylic acids is 1. The van der Waals surface area contributed by atoms with Gasteiger partial charge in [0.05, 0.1) is 0 Å². The Kier molecular flexibility index (Phi) is 5.77. The molecular formula is C12H17N3O5S. The molecule has 0 aliphatic rings. The summed E-state index contributed by atoms with van der Waals surface area (Å²) >= 11 is 1.22. The van der Waals surface area contributed by atoms with Crippen LogP contribution in [0.3, 0.4) is 0 Å². The van der Waals surface area contributed by atoms with Gasteiger partial charge in [0.25, 0.3) is 5.56 Å². The molecule has 1 rings (SSSR count). The fourth-order valence-electron chi connectivity index (χ4n) is 1.62. The zero-order valence-electron chi connectivity index (χ0n) is 12.0. The third kappa shape index (κ3) is 4.48. The Morgan fingerprint density at radius 3 is 2.48 bits per heavy atom. The van der Waals surface area contributed by atoms with Crippen molar-refractivity contribution >= 4 is 23.6 Å². The predicted molar refractivity (Wildman–Crippen MR) is 78.3 cm³/mol. The Morgan fingerprint density at radius 1 is 1.33 bits per heavy atom. The largest absolute Gasteiger partial charge is 0.480 e. The molecule has 0 aliphatic carbocycles.